The fourth-order valence-corrected chi connectivity index (χ4v) is 2.97. The molecule has 0 saturated carbocycles. The quantitative estimate of drug-likeness (QED) is 0.790. The fourth-order valence-electron chi connectivity index (χ4n) is 2.97. The number of carboxylic acid groups (broad SMARTS) is 1. The number of carbonyl (C=O) groups is 2. The minimum atomic E-state index is -1.20. The zero-order valence-electron chi connectivity index (χ0n) is 12.7. The summed E-state index contributed by atoms with van der Waals surface area (Å²) in [5.41, 5.74) is 0.951. The molecule has 0 aromatic heterocycles. The molecule has 0 spiro atoms. The molecular formula is C16H19N3O3. The Bertz CT molecular complexity index is 656. The van der Waals surface area contributed by atoms with Gasteiger partial charge < -0.3 is 14.9 Å². The minimum absolute atomic E-state index is 0.290. The smallest absolute Gasteiger partial charge is 0.322 e. The number of Topliss-reactive ketones (excluding diaryl/α,β-unsaturated/α-hetero) is 1. The molecule has 0 radical (unpaired) electrons. The first kappa shape index (κ1) is 14.7. The number of aliphatic carboxylic acids is 1. The third kappa shape index (κ3) is 2.39. The first-order valence-electron chi connectivity index (χ1n) is 7.39. The van der Waals surface area contributed by atoms with Crippen molar-refractivity contribution in [2.24, 2.45) is 10.9 Å². The van der Waals surface area contributed by atoms with Gasteiger partial charge in [-0.05, 0) is 26.1 Å². The van der Waals surface area contributed by atoms with Gasteiger partial charge in [-0.25, -0.2) is 4.99 Å². The molecule has 2 aliphatic heterocycles. The lowest BCUT2D eigenvalue weighted by atomic mass is 9.91. The molecule has 1 saturated heterocycles. The number of likely N-dealkylation sites (N-methyl/N-ethyl adjacent to an activating group) is 1. The normalized spacial score (nSPS) is 25.6. The van der Waals surface area contributed by atoms with Gasteiger partial charge in [0.2, 0.25) is 0 Å². The van der Waals surface area contributed by atoms with Gasteiger partial charge in [-0.3, -0.25) is 9.59 Å². The number of carboxylic acids is 1. The van der Waals surface area contributed by atoms with Gasteiger partial charge in [0.1, 0.15) is 5.84 Å². The van der Waals surface area contributed by atoms with Crippen LogP contribution in [0.4, 0.5) is 5.69 Å². The third-order valence-electron chi connectivity index (χ3n) is 4.46. The maximum Gasteiger partial charge on any atom is 0.322 e. The van der Waals surface area contributed by atoms with Crippen molar-refractivity contribution >= 4 is 23.3 Å². The molecule has 3 rings (SSSR count). The summed E-state index contributed by atoms with van der Waals surface area (Å²) in [6, 6.07) is 7.22. The predicted octanol–water partition coefficient (Wildman–Crippen LogP) is 1.25. The van der Waals surface area contributed by atoms with E-state index >= 15 is 0 Å². The Balaban J connectivity index is 2.02. The molecule has 2 heterocycles. The van der Waals surface area contributed by atoms with Crippen molar-refractivity contribution in [1.82, 2.24) is 9.80 Å². The molecule has 1 N–H and O–H groups in total. The Morgan fingerprint density at radius 2 is 2.05 bits per heavy atom. The SMILES string of the molecule is CC1CN(C2=Nc3ccccc3C(=O)C2C(=O)O)CCN1C. The summed E-state index contributed by atoms with van der Waals surface area (Å²) in [7, 11) is 2.04. The number of aliphatic imine (C=N–C) groups is 1. The van der Waals surface area contributed by atoms with Gasteiger partial charge in [-0.1, -0.05) is 12.1 Å². The van der Waals surface area contributed by atoms with Crippen molar-refractivity contribution in [3.8, 4) is 0 Å². The highest BCUT2D eigenvalue weighted by Gasteiger charge is 2.40. The summed E-state index contributed by atoms with van der Waals surface area (Å²) in [5.74, 6) is -2.34. The van der Waals surface area contributed by atoms with Crippen LogP contribution < -0.4 is 0 Å². The van der Waals surface area contributed by atoms with Gasteiger partial charge in [0, 0.05) is 31.2 Å². The largest absolute Gasteiger partial charge is 0.480 e. The van der Waals surface area contributed by atoms with E-state index < -0.39 is 11.9 Å². The molecule has 0 amide bonds. The first-order valence-corrected chi connectivity index (χ1v) is 7.39. The summed E-state index contributed by atoms with van der Waals surface area (Å²) in [4.78, 5) is 32.9. The number of amidine groups is 1. The zero-order chi connectivity index (χ0) is 15.9. The van der Waals surface area contributed by atoms with E-state index in [4.69, 9.17) is 0 Å². The molecule has 1 aromatic rings. The summed E-state index contributed by atoms with van der Waals surface area (Å²) in [6.07, 6.45) is 0. The number of rotatable bonds is 1. The van der Waals surface area contributed by atoms with E-state index in [1.54, 1.807) is 24.3 Å². The Hall–Kier alpha value is -2.21. The molecule has 1 aromatic carbocycles. The van der Waals surface area contributed by atoms with Crippen molar-refractivity contribution in [2.45, 2.75) is 13.0 Å². The highest BCUT2D eigenvalue weighted by molar-refractivity contribution is 6.26. The van der Waals surface area contributed by atoms with Crippen LogP contribution in [0.25, 0.3) is 0 Å². The Morgan fingerprint density at radius 3 is 2.73 bits per heavy atom. The summed E-state index contributed by atoms with van der Waals surface area (Å²) < 4.78 is 0. The van der Waals surface area contributed by atoms with E-state index in [-0.39, 0.29) is 11.8 Å². The molecule has 0 bridgehead atoms. The number of piperazine rings is 1. The summed E-state index contributed by atoms with van der Waals surface area (Å²) in [6.45, 7) is 4.26. The number of carbonyl (C=O) groups excluding carboxylic acids is 1. The van der Waals surface area contributed by atoms with Crippen LogP contribution in [0, 0.1) is 5.92 Å². The molecule has 2 atom stereocenters. The second kappa shape index (κ2) is 5.53. The van der Waals surface area contributed by atoms with Crippen LogP contribution >= 0.6 is 0 Å². The van der Waals surface area contributed by atoms with Gasteiger partial charge in [-0.15, -0.1) is 0 Å². The van der Waals surface area contributed by atoms with E-state index in [1.807, 2.05) is 11.9 Å². The van der Waals surface area contributed by atoms with Crippen molar-refractivity contribution in [1.29, 1.82) is 0 Å². The van der Waals surface area contributed by atoms with Gasteiger partial charge >= 0.3 is 5.97 Å². The van der Waals surface area contributed by atoms with Crippen LogP contribution in [-0.4, -0.2) is 65.2 Å². The Labute approximate surface area is 129 Å². The fraction of sp³-hybridized carbons (Fsp3) is 0.438. The maximum atomic E-state index is 12.6. The lowest BCUT2D eigenvalue weighted by molar-refractivity contribution is -0.138. The Kier molecular flexibility index (Phi) is 3.70. The van der Waals surface area contributed by atoms with E-state index in [2.05, 4.69) is 16.8 Å². The van der Waals surface area contributed by atoms with E-state index in [9.17, 15) is 14.7 Å². The highest BCUT2D eigenvalue weighted by atomic mass is 16.4. The highest BCUT2D eigenvalue weighted by Crippen LogP contribution is 2.30. The van der Waals surface area contributed by atoms with Gasteiger partial charge in [0.25, 0.3) is 0 Å². The van der Waals surface area contributed by atoms with Crippen LogP contribution in [-0.2, 0) is 4.79 Å². The molecule has 116 valence electrons. The monoisotopic (exact) mass is 301 g/mol. The molecule has 2 unspecified atom stereocenters. The van der Waals surface area contributed by atoms with E-state index in [0.717, 1.165) is 6.54 Å². The first-order chi connectivity index (χ1) is 10.5. The molecule has 0 aliphatic carbocycles. The number of hydrogen-bond acceptors (Lipinski definition) is 5. The minimum Gasteiger partial charge on any atom is -0.480 e. The molecule has 6 heteroatoms. The average molecular weight is 301 g/mol. The van der Waals surface area contributed by atoms with E-state index in [1.165, 1.54) is 0 Å². The molecule has 2 aliphatic rings. The van der Waals surface area contributed by atoms with Gasteiger partial charge in [0.15, 0.2) is 11.7 Å². The topological polar surface area (TPSA) is 73.2 Å². The Morgan fingerprint density at radius 1 is 1.32 bits per heavy atom. The van der Waals surface area contributed by atoms with Crippen LogP contribution in [0.3, 0.4) is 0 Å². The number of nitrogens with zero attached hydrogens (tertiary/aromatic N) is 3. The molecular weight excluding hydrogens is 282 g/mol. The predicted molar refractivity (Wildman–Crippen MR) is 82.7 cm³/mol. The van der Waals surface area contributed by atoms with Crippen LogP contribution in [0.1, 0.15) is 17.3 Å². The van der Waals surface area contributed by atoms with Crippen molar-refractivity contribution < 1.29 is 14.7 Å². The zero-order valence-corrected chi connectivity index (χ0v) is 12.7. The number of benzene rings is 1. The number of hydrogen-bond donors (Lipinski definition) is 1. The van der Waals surface area contributed by atoms with E-state index in [0.29, 0.717) is 30.2 Å². The van der Waals surface area contributed by atoms with Gasteiger partial charge in [-0.2, -0.15) is 0 Å². The molecule has 1 fully saturated rings. The lowest BCUT2D eigenvalue weighted by Crippen LogP contribution is -2.55. The maximum absolute atomic E-state index is 12.6. The average Bonchev–Trinajstić information content (AvgIpc) is 2.49. The molecule has 6 nitrogen and oxygen atoms in total. The van der Waals surface area contributed by atoms with Crippen LogP contribution in [0.5, 0.6) is 0 Å². The second-order valence-corrected chi connectivity index (χ2v) is 5.90. The number of fused-ring (bicyclic) bond motifs is 1. The van der Waals surface area contributed by atoms with Crippen LogP contribution in [0.15, 0.2) is 29.3 Å². The van der Waals surface area contributed by atoms with Crippen molar-refractivity contribution in [2.75, 3.05) is 26.7 Å². The lowest BCUT2D eigenvalue weighted by Gasteiger charge is -2.41. The summed E-state index contributed by atoms with van der Waals surface area (Å²) >= 11 is 0. The molecule has 22 heavy (non-hydrogen) atoms. The van der Waals surface area contributed by atoms with Crippen molar-refractivity contribution in [3.05, 3.63) is 29.8 Å². The van der Waals surface area contributed by atoms with Crippen molar-refractivity contribution in [3.63, 3.8) is 0 Å². The van der Waals surface area contributed by atoms with Gasteiger partial charge in [0.05, 0.1) is 5.69 Å². The second-order valence-electron chi connectivity index (χ2n) is 5.90. The number of ketones is 1. The standard InChI is InChI=1S/C16H19N3O3/c1-10-9-19(8-7-18(10)2)15-13(16(21)22)14(20)11-5-3-4-6-12(11)17-15/h3-6,10,13H,7-9H2,1-2H3,(H,21,22). The van der Waals surface area contributed by atoms with Crippen LogP contribution in [0.2, 0.25) is 0 Å². The third-order valence-corrected chi connectivity index (χ3v) is 4.46. The number of para-hydroxylation sites is 1. The summed E-state index contributed by atoms with van der Waals surface area (Å²) in [5, 5.41) is 9.51.